The zero-order valence-electron chi connectivity index (χ0n) is 9.80. The molecule has 17 heavy (non-hydrogen) atoms. The molecule has 1 aromatic carbocycles. The molecule has 1 rings (SSSR count). The maximum Gasteiger partial charge on any atom is 0.307 e. The number of nitrogens with two attached hydrogens (primary N) is 1. The highest BCUT2D eigenvalue weighted by molar-refractivity contribution is 9.10. The van der Waals surface area contributed by atoms with E-state index in [1.807, 2.05) is 0 Å². The van der Waals surface area contributed by atoms with Crippen molar-refractivity contribution in [3.05, 3.63) is 33.5 Å². The van der Waals surface area contributed by atoms with Crippen molar-refractivity contribution in [3.8, 4) is 0 Å². The maximum atomic E-state index is 13.8. The van der Waals surface area contributed by atoms with Gasteiger partial charge in [-0.3, -0.25) is 4.79 Å². The summed E-state index contributed by atoms with van der Waals surface area (Å²) in [4.78, 5) is 11.3. The number of ether oxygens (including phenoxy) is 1. The van der Waals surface area contributed by atoms with Crippen LogP contribution in [0.5, 0.6) is 0 Å². The summed E-state index contributed by atoms with van der Waals surface area (Å²) >= 11 is 3.27. The fourth-order valence-electron chi connectivity index (χ4n) is 1.53. The van der Waals surface area contributed by atoms with E-state index in [9.17, 15) is 9.18 Å². The van der Waals surface area contributed by atoms with Gasteiger partial charge in [-0.1, -0.05) is 15.9 Å². The van der Waals surface area contributed by atoms with Gasteiger partial charge in [0.2, 0.25) is 0 Å². The van der Waals surface area contributed by atoms with E-state index in [1.54, 1.807) is 26.0 Å². The molecule has 0 aliphatic carbocycles. The van der Waals surface area contributed by atoms with Crippen LogP contribution >= 0.6 is 15.9 Å². The molecule has 2 N–H and O–H groups in total. The molecule has 0 aliphatic heterocycles. The first-order chi connectivity index (χ1) is 7.95. The van der Waals surface area contributed by atoms with Gasteiger partial charge in [-0.05, 0) is 31.5 Å². The van der Waals surface area contributed by atoms with Crippen LogP contribution in [0.4, 0.5) is 4.39 Å². The molecular formula is C12H15BrFNO2. The average Bonchev–Trinajstić information content (AvgIpc) is 2.23. The van der Waals surface area contributed by atoms with Gasteiger partial charge in [0.1, 0.15) is 5.82 Å². The Labute approximate surface area is 108 Å². The van der Waals surface area contributed by atoms with E-state index in [0.29, 0.717) is 17.7 Å². The lowest BCUT2D eigenvalue weighted by Gasteiger charge is -2.14. The third kappa shape index (κ3) is 3.78. The smallest absolute Gasteiger partial charge is 0.307 e. The first kappa shape index (κ1) is 14.1. The van der Waals surface area contributed by atoms with Gasteiger partial charge in [-0.25, -0.2) is 4.39 Å². The van der Waals surface area contributed by atoms with Gasteiger partial charge in [-0.15, -0.1) is 0 Å². The number of aryl methyl sites for hydroxylation is 1. The van der Waals surface area contributed by atoms with E-state index < -0.39 is 12.0 Å². The minimum Gasteiger partial charge on any atom is -0.466 e. The Morgan fingerprint density at radius 2 is 2.24 bits per heavy atom. The number of halogens is 2. The van der Waals surface area contributed by atoms with Crippen molar-refractivity contribution in [2.45, 2.75) is 26.3 Å². The van der Waals surface area contributed by atoms with Crippen LogP contribution in [0.15, 0.2) is 16.6 Å². The van der Waals surface area contributed by atoms with Crippen molar-refractivity contribution in [2.75, 3.05) is 6.61 Å². The Morgan fingerprint density at radius 3 is 2.82 bits per heavy atom. The molecule has 1 aromatic rings. The summed E-state index contributed by atoms with van der Waals surface area (Å²) in [6.07, 6.45) is -0.0271. The second kappa shape index (κ2) is 6.12. The van der Waals surface area contributed by atoms with E-state index in [4.69, 9.17) is 10.5 Å². The number of rotatable bonds is 4. The summed E-state index contributed by atoms with van der Waals surface area (Å²) in [5, 5.41) is 0. The molecule has 5 heteroatoms. The summed E-state index contributed by atoms with van der Waals surface area (Å²) < 4.78 is 19.3. The number of esters is 1. The Hall–Kier alpha value is -0.940. The van der Waals surface area contributed by atoms with Gasteiger partial charge in [0.05, 0.1) is 13.0 Å². The molecule has 0 bridgehead atoms. The maximum absolute atomic E-state index is 13.8. The van der Waals surface area contributed by atoms with Crippen molar-refractivity contribution in [2.24, 2.45) is 5.73 Å². The minimum absolute atomic E-state index is 0.0271. The van der Waals surface area contributed by atoms with Gasteiger partial charge in [0.25, 0.3) is 0 Å². The fourth-order valence-corrected chi connectivity index (χ4v) is 2.12. The highest BCUT2D eigenvalue weighted by atomic mass is 79.9. The highest BCUT2D eigenvalue weighted by Crippen LogP contribution is 2.25. The second-order valence-electron chi connectivity index (χ2n) is 3.74. The second-order valence-corrected chi connectivity index (χ2v) is 4.66. The number of carbonyl (C=O) groups is 1. The highest BCUT2D eigenvalue weighted by Gasteiger charge is 2.18. The molecule has 0 aliphatic rings. The van der Waals surface area contributed by atoms with E-state index in [0.717, 1.165) is 4.47 Å². The molecule has 0 saturated heterocycles. The number of benzene rings is 1. The lowest BCUT2D eigenvalue weighted by molar-refractivity contribution is -0.143. The van der Waals surface area contributed by atoms with Crippen LogP contribution < -0.4 is 5.73 Å². The molecule has 0 spiro atoms. The van der Waals surface area contributed by atoms with Crippen molar-refractivity contribution in [3.63, 3.8) is 0 Å². The summed E-state index contributed by atoms with van der Waals surface area (Å²) in [5.41, 5.74) is 6.62. The fraction of sp³-hybridized carbons (Fsp3) is 0.417. The number of hydrogen-bond donors (Lipinski definition) is 1. The predicted molar refractivity (Wildman–Crippen MR) is 67.0 cm³/mol. The SMILES string of the molecule is CCOC(=O)C[C@H](N)c1cc(Br)cc(C)c1F. The molecule has 0 fully saturated rings. The van der Waals surface area contributed by atoms with Gasteiger partial charge < -0.3 is 10.5 Å². The van der Waals surface area contributed by atoms with E-state index in [-0.39, 0.29) is 12.2 Å². The van der Waals surface area contributed by atoms with Crippen LogP contribution in [0.1, 0.15) is 30.5 Å². The zero-order valence-corrected chi connectivity index (χ0v) is 11.4. The van der Waals surface area contributed by atoms with Crippen molar-refractivity contribution >= 4 is 21.9 Å². The van der Waals surface area contributed by atoms with Gasteiger partial charge >= 0.3 is 5.97 Å². The Kier molecular flexibility index (Phi) is 5.08. The third-order valence-corrected chi connectivity index (χ3v) is 2.80. The van der Waals surface area contributed by atoms with E-state index >= 15 is 0 Å². The quantitative estimate of drug-likeness (QED) is 0.870. The molecule has 0 amide bonds. The lowest BCUT2D eigenvalue weighted by atomic mass is 10.0. The number of hydrogen-bond acceptors (Lipinski definition) is 3. The molecule has 1 atom stereocenters. The van der Waals surface area contributed by atoms with Crippen LogP contribution in [0.25, 0.3) is 0 Å². The average molecular weight is 304 g/mol. The van der Waals surface area contributed by atoms with Crippen LogP contribution in [0, 0.1) is 12.7 Å². The van der Waals surface area contributed by atoms with Crippen LogP contribution in [0.2, 0.25) is 0 Å². The van der Waals surface area contributed by atoms with E-state index in [1.165, 1.54) is 0 Å². The summed E-state index contributed by atoms with van der Waals surface area (Å²) in [6, 6.07) is 2.56. The van der Waals surface area contributed by atoms with Gasteiger partial charge in [0.15, 0.2) is 0 Å². The lowest BCUT2D eigenvalue weighted by Crippen LogP contribution is -2.18. The molecule has 3 nitrogen and oxygen atoms in total. The third-order valence-electron chi connectivity index (χ3n) is 2.34. The first-order valence-corrected chi connectivity index (χ1v) is 6.11. The normalized spacial score (nSPS) is 12.3. The molecular weight excluding hydrogens is 289 g/mol. The van der Waals surface area contributed by atoms with Crippen molar-refractivity contribution < 1.29 is 13.9 Å². The first-order valence-electron chi connectivity index (χ1n) is 5.32. The Bertz CT molecular complexity index is 423. The van der Waals surface area contributed by atoms with Crippen LogP contribution in [-0.2, 0) is 9.53 Å². The molecule has 0 unspecified atom stereocenters. The largest absolute Gasteiger partial charge is 0.466 e. The number of carbonyl (C=O) groups excluding carboxylic acids is 1. The standard InChI is InChI=1S/C12H15BrFNO2/c1-3-17-11(16)6-10(15)9-5-8(13)4-7(2)12(9)14/h4-5,10H,3,6,15H2,1-2H3/t10-/m0/s1. The predicted octanol–water partition coefficient (Wildman–Crippen LogP) is 2.85. The summed E-state index contributed by atoms with van der Waals surface area (Å²) in [7, 11) is 0. The van der Waals surface area contributed by atoms with Crippen LogP contribution in [0.3, 0.4) is 0 Å². The summed E-state index contributed by atoms with van der Waals surface area (Å²) in [6.45, 7) is 3.67. The van der Waals surface area contributed by atoms with Crippen LogP contribution in [-0.4, -0.2) is 12.6 Å². The minimum atomic E-state index is -0.690. The van der Waals surface area contributed by atoms with E-state index in [2.05, 4.69) is 15.9 Å². The molecule has 0 radical (unpaired) electrons. The molecule has 0 heterocycles. The molecule has 0 aromatic heterocycles. The Balaban J connectivity index is 2.88. The zero-order chi connectivity index (χ0) is 13.0. The van der Waals surface area contributed by atoms with Crippen molar-refractivity contribution in [1.82, 2.24) is 0 Å². The van der Waals surface area contributed by atoms with Crippen molar-refractivity contribution in [1.29, 1.82) is 0 Å². The topological polar surface area (TPSA) is 52.3 Å². The van der Waals surface area contributed by atoms with Gasteiger partial charge in [0, 0.05) is 16.1 Å². The molecule has 94 valence electrons. The Morgan fingerprint density at radius 1 is 1.59 bits per heavy atom. The summed E-state index contributed by atoms with van der Waals surface area (Å²) in [5.74, 6) is -0.790. The molecule has 0 saturated carbocycles. The monoisotopic (exact) mass is 303 g/mol. The van der Waals surface area contributed by atoms with Gasteiger partial charge in [-0.2, -0.15) is 0 Å².